The third-order valence-electron chi connectivity index (χ3n) is 3.56. The van der Waals surface area contributed by atoms with Crippen LogP contribution in [0.5, 0.6) is 0 Å². The summed E-state index contributed by atoms with van der Waals surface area (Å²) in [6.07, 6.45) is 1.64. The smallest absolute Gasteiger partial charge is 0.339 e. The predicted molar refractivity (Wildman–Crippen MR) is 91.7 cm³/mol. The van der Waals surface area contributed by atoms with E-state index in [-0.39, 0.29) is 11.4 Å². The molecule has 1 heterocycles. The number of nitrogens with zero attached hydrogens (tertiary/aromatic N) is 1. The number of fused-ring (bicyclic) bond motifs is 1. The van der Waals surface area contributed by atoms with Crippen molar-refractivity contribution >= 4 is 40.3 Å². The number of anilines is 1. The van der Waals surface area contributed by atoms with Gasteiger partial charge in [-0.05, 0) is 50.1 Å². The number of rotatable bonds is 8. The number of aromatic nitrogens is 1. The van der Waals surface area contributed by atoms with Crippen LogP contribution in [0.1, 0.15) is 29.6 Å². The van der Waals surface area contributed by atoms with E-state index in [9.17, 15) is 19.8 Å². The lowest BCUT2D eigenvalue weighted by Gasteiger charge is -2.17. The molecule has 0 fully saturated rings. The zero-order valence-corrected chi connectivity index (χ0v) is 13.6. The van der Waals surface area contributed by atoms with Gasteiger partial charge in [0.15, 0.2) is 0 Å². The Hall–Kier alpha value is -2.38. The van der Waals surface area contributed by atoms with Gasteiger partial charge in [-0.25, -0.2) is 14.6 Å². The summed E-state index contributed by atoms with van der Waals surface area (Å²) in [5, 5.41) is 22.5. The fraction of sp³-hybridized carbons (Fsp3) is 0.312. The van der Waals surface area contributed by atoms with Crippen LogP contribution in [-0.4, -0.2) is 39.7 Å². The second kappa shape index (κ2) is 7.94. The molecule has 24 heavy (non-hydrogen) atoms. The molecule has 8 heteroatoms. The highest BCUT2D eigenvalue weighted by molar-refractivity contribution is 6.31. The van der Waals surface area contributed by atoms with Gasteiger partial charge in [0.1, 0.15) is 17.4 Å². The van der Waals surface area contributed by atoms with Gasteiger partial charge in [0.25, 0.3) is 0 Å². The fourth-order valence-electron chi connectivity index (χ4n) is 2.34. The van der Waals surface area contributed by atoms with E-state index >= 15 is 0 Å². The normalized spacial score (nSPS) is 12.1. The highest BCUT2D eigenvalue weighted by Crippen LogP contribution is 2.24. The number of hydrogen-bond acceptors (Lipinski definition) is 5. The Morgan fingerprint density at radius 2 is 2.00 bits per heavy atom. The third-order valence-corrected chi connectivity index (χ3v) is 3.80. The number of carbonyl (C=O) groups is 2. The summed E-state index contributed by atoms with van der Waals surface area (Å²) >= 11 is 5.91. The highest BCUT2D eigenvalue weighted by Gasteiger charge is 2.21. The van der Waals surface area contributed by atoms with Crippen molar-refractivity contribution < 1.29 is 19.8 Å². The number of pyridine rings is 1. The molecule has 2 aromatic rings. The molecule has 0 saturated carbocycles. The van der Waals surface area contributed by atoms with E-state index in [0.717, 1.165) is 0 Å². The molecule has 0 aliphatic carbocycles. The van der Waals surface area contributed by atoms with Crippen LogP contribution in [0, 0.1) is 0 Å². The van der Waals surface area contributed by atoms with Gasteiger partial charge in [-0.3, -0.25) is 0 Å². The van der Waals surface area contributed by atoms with Crippen molar-refractivity contribution in [2.45, 2.75) is 25.3 Å². The summed E-state index contributed by atoms with van der Waals surface area (Å²) in [6, 6.07) is 5.38. The van der Waals surface area contributed by atoms with E-state index in [2.05, 4.69) is 10.3 Å². The minimum absolute atomic E-state index is 0.0254. The number of carboxylic acids is 2. The molecule has 0 amide bonds. The van der Waals surface area contributed by atoms with E-state index < -0.39 is 18.0 Å². The van der Waals surface area contributed by atoms with Crippen molar-refractivity contribution in [1.82, 2.24) is 4.98 Å². The number of aromatic carboxylic acids is 1. The summed E-state index contributed by atoms with van der Waals surface area (Å²) in [5.74, 6) is -2.24. The van der Waals surface area contributed by atoms with Crippen LogP contribution in [0.4, 0.5) is 5.82 Å². The fourth-order valence-corrected chi connectivity index (χ4v) is 2.52. The highest BCUT2D eigenvalue weighted by atomic mass is 35.5. The minimum atomic E-state index is -1.20. The number of halogens is 1. The number of aliphatic carboxylic acids is 1. The summed E-state index contributed by atoms with van der Waals surface area (Å²) in [6.45, 7) is 0.474. The van der Waals surface area contributed by atoms with Gasteiger partial charge in [-0.1, -0.05) is 11.6 Å². The van der Waals surface area contributed by atoms with Crippen molar-refractivity contribution in [3.05, 3.63) is 34.9 Å². The lowest BCUT2D eigenvalue weighted by Crippen LogP contribution is -2.30. The maximum atomic E-state index is 11.5. The molecular formula is C16H18ClN3O4. The summed E-state index contributed by atoms with van der Waals surface area (Å²) in [5.41, 5.74) is 5.84. The van der Waals surface area contributed by atoms with Crippen LogP contribution < -0.4 is 11.1 Å². The van der Waals surface area contributed by atoms with Crippen LogP contribution in [-0.2, 0) is 4.79 Å². The maximum Gasteiger partial charge on any atom is 0.339 e. The second-order valence-corrected chi connectivity index (χ2v) is 5.78. The maximum absolute atomic E-state index is 11.5. The number of benzene rings is 1. The van der Waals surface area contributed by atoms with Gasteiger partial charge in [0.2, 0.25) is 0 Å². The first-order chi connectivity index (χ1) is 11.4. The molecule has 1 aromatic heterocycles. The van der Waals surface area contributed by atoms with Crippen molar-refractivity contribution in [1.29, 1.82) is 0 Å². The number of carboxylic acid groups (broad SMARTS) is 2. The van der Waals surface area contributed by atoms with Gasteiger partial charge in [-0.2, -0.15) is 0 Å². The number of hydrogen-bond donors (Lipinski definition) is 4. The monoisotopic (exact) mass is 351 g/mol. The molecule has 7 nitrogen and oxygen atoms in total. The predicted octanol–water partition coefficient (Wildman–Crippen LogP) is 2.58. The zero-order chi connectivity index (χ0) is 17.7. The van der Waals surface area contributed by atoms with Crippen molar-refractivity contribution in [3.63, 3.8) is 0 Å². The Balaban J connectivity index is 2.37. The second-order valence-electron chi connectivity index (χ2n) is 5.35. The van der Waals surface area contributed by atoms with E-state index in [1.54, 1.807) is 18.2 Å². The largest absolute Gasteiger partial charge is 0.480 e. The molecule has 0 saturated heterocycles. The standard InChI is InChI=1S/C16H18ClN3O4/c17-10-4-5-12-9(7-10)8-11(15(21)22)14(19-12)20-13(16(23)24)3-1-2-6-18/h4-5,7-8,13H,1-3,6,18H2,(H,19,20)(H,21,22)(H,23,24)/t13-/m0/s1. The van der Waals surface area contributed by atoms with E-state index in [0.29, 0.717) is 41.7 Å². The van der Waals surface area contributed by atoms with Gasteiger partial charge < -0.3 is 21.3 Å². The van der Waals surface area contributed by atoms with Gasteiger partial charge in [0.05, 0.1) is 5.52 Å². The minimum Gasteiger partial charge on any atom is -0.480 e. The first-order valence-electron chi connectivity index (χ1n) is 7.45. The SMILES string of the molecule is NCCCC[C@H](Nc1nc2ccc(Cl)cc2cc1C(=O)O)C(=O)O. The molecule has 0 aliphatic heterocycles. The molecule has 2 rings (SSSR count). The average Bonchev–Trinajstić information content (AvgIpc) is 2.53. The number of nitrogens with one attached hydrogen (secondary N) is 1. The van der Waals surface area contributed by atoms with Crippen LogP contribution in [0.25, 0.3) is 10.9 Å². The van der Waals surface area contributed by atoms with Crippen molar-refractivity contribution in [3.8, 4) is 0 Å². The van der Waals surface area contributed by atoms with E-state index in [1.165, 1.54) is 6.07 Å². The van der Waals surface area contributed by atoms with Crippen molar-refractivity contribution in [2.75, 3.05) is 11.9 Å². The molecule has 0 unspecified atom stereocenters. The summed E-state index contributed by atoms with van der Waals surface area (Å²) in [7, 11) is 0. The summed E-state index contributed by atoms with van der Waals surface area (Å²) in [4.78, 5) is 27.1. The molecule has 0 aliphatic rings. The molecule has 0 radical (unpaired) electrons. The number of nitrogens with two attached hydrogens (primary N) is 1. The molecular weight excluding hydrogens is 334 g/mol. The lowest BCUT2D eigenvalue weighted by molar-refractivity contribution is -0.138. The average molecular weight is 352 g/mol. The first-order valence-corrected chi connectivity index (χ1v) is 7.83. The molecule has 5 N–H and O–H groups in total. The van der Waals surface area contributed by atoms with Gasteiger partial charge in [-0.15, -0.1) is 0 Å². The Labute approximate surface area is 143 Å². The molecule has 128 valence electrons. The third kappa shape index (κ3) is 4.33. The summed E-state index contributed by atoms with van der Waals surface area (Å²) < 4.78 is 0. The topological polar surface area (TPSA) is 126 Å². The van der Waals surface area contributed by atoms with Gasteiger partial charge in [0, 0.05) is 10.4 Å². The van der Waals surface area contributed by atoms with Crippen LogP contribution in [0.3, 0.4) is 0 Å². The molecule has 0 spiro atoms. The lowest BCUT2D eigenvalue weighted by atomic mass is 10.1. The van der Waals surface area contributed by atoms with Crippen LogP contribution >= 0.6 is 11.6 Å². The Bertz CT molecular complexity index is 766. The Morgan fingerprint density at radius 1 is 1.25 bits per heavy atom. The van der Waals surface area contributed by atoms with Crippen LogP contribution in [0.15, 0.2) is 24.3 Å². The van der Waals surface area contributed by atoms with Crippen molar-refractivity contribution in [2.24, 2.45) is 5.73 Å². The molecule has 1 aromatic carbocycles. The number of unbranched alkanes of at least 4 members (excludes halogenated alkanes) is 1. The Kier molecular flexibility index (Phi) is 5.94. The molecule has 1 atom stereocenters. The van der Waals surface area contributed by atoms with E-state index in [4.69, 9.17) is 17.3 Å². The first kappa shape index (κ1) is 18.0. The quantitative estimate of drug-likeness (QED) is 0.538. The Morgan fingerprint density at radius 3 is 2.62 bits per heavy atom. The van der Waals surface area contributed by atoms with Crippen LogP contribution in [0.2, 0.25) is 5.02 Å². The zero-order valence-electron chi connectivity index (χ0n) is 12.8. The van der Waals surface area contributed by atoms with Gasteiger partial charge >= 0.3 is 11.9 Å². The molecule has 0 bridgehead atoms. The van der Waals surface area contributed by atoms with E-state index in [1.807, 2.05) is 0 Å².